The standard InChI is InChI=1S/C6H15NO3.C5H11NO3.C3H7NO2.CH2O2.CO2/c8-4-1-7(2-5-9)3-6-10;7-3-1-6(5-9)2-4-8;5-2-1-4-3-6;2*2-1-3/h8-10H,1-6H2;5,7-8H,1-4H2;3,5H,1-2H2,(H,4,6);1H,(H,2,3);/p-1. The minimum Gasteiger partial charge on any atom is -0.554 e. The number of aliphatic hydroxyl groups excluding tert-OH is 6. The largest absolute Gasteiger partial charge is 0.554 e. The normalized spacial score (nSPS) is 8.23. The molecule has 0 saturated carbocycles. The van der Waals surface area contributed by atoms with Crippen LogP contribution in [0.1, 0.15) is 0 Å². The van der Waals surface area contributed by atoms with Crippen LogP contribution in [-0.2, 0) is 24.0 Å². The second kappa shape index (κ2) is 46.0. The molecule has 0 bridgehead atoms. The molecular weight excluding hydrogens is 426 g/mol. The highest BCUT2D eigenvalue weighted by Crippen LogP contribution is 1.84. The zero-order valence-corrected chi connectivity index (χ0v) is 17.2. The van der Waals surface area contributed by atoms with Crippen molar-refractivity contribution in [3.05, 3.63) is 0 Å². The van der Waals surface area contributed by atoms with Gasteiger partial charge in [-0.3, -0.25) is 14.5 Å². The first kappa shape index (κ1) is 39.0. The summed E-state index contributed by atoms with van der Waals surface area (Å²) in [4.78, 5) is 46.9. The maximum absolute atomic E-state index is 9.99. The van der Waals surface area contributed by atoms with E-state index in [1.165, 1.54) is 4.90 Å². The summed E-state index contributed by atoms with van der Waals surface area (Å²) in [5, 5.41) is 60.6. The van der Waals surface area contributed by atoms with Crippen LogP contribution in [0.15, 0.2) is 0 Å². The van der Waals surface area contributed by atoms with E-state index in [0.29, 0.717) is 52.1 Å². The lowest BCUT2D eigenvalue weighted by Gasteiger charge is -2.17. The van der Waals surface area contributed by atoms with E-state index in [-0.39, 0.29) is 45.8 Å². The topological polar surface area (TPSA) is 248 Å². The fraction of sp³-hybridized carbons (Fsp3) is 0.750. The van der Waals surface area contributed by atoms with Crippen LogP contribution in [0, 0.1) is 0 Å². The van der Waals surface area contributed by atoms with Crippen LogP contribution in [0.25, 0.3) is 0 Å². The van der Waals surface area contributed by atoms with Gasteiger partial charge in [0, 0.05) is 45.7 Å². The molecule has 0 aromatic rings. The predicted octanol–water partition coefficient (Wildman–Crippen LogP) is -6.80. The second-order valence-corrected chi connectivity index (χ2v) is 4.58. The fourth-order valence-corrected chi connectivity index (χ4v) is 1.36. The summed E-state index contributed by atoms with van der Waals surface area (Å²) in [5.41, 5.74) is 0. The first-order chi connectivity index (χ1) is 14.9. The fourth-order valence-electron chi connectivity index (χ4n) is 1.36. The van der Waals surface area contributed by atoms with Gasteiger partial charge in [-0.1, -0.05) is 0 Å². The van der Waals surface area contributed by atoms with Gasteiger partial charge in [-0.2, -0.15) is 9.59 Å². The van der Waals surface area contributed by atoms with E-state index in [1.54, 1.807) is 4.90 Å². The van der Waals surface area contributed by atoms with Crippen LogP contribution in [0.5, 0.6) is 0 Å². The molecule has 0 aliphatic carbocycles. The predicted molar refractivity (Wildman–Crippen MR) is 102 cm³/mol. The molecule has 0 spiro atoms. The highest BCUT2D eigenvalue weighted by atomic mass is 16.3. The van der Waals surface area contributed by atoms with Crippen molar-refractivity contribution in [3.8, 4) is 0 Å². The Labute approximate surface area is 180 Å². The SMILES string of the molecule is O=C=O.O=CN(CCO)CCO.O=CNCCO.O=C[O-].OCCN(CCO)CCO. The van der Waals surface area contributed by atoms with Gasteiger partial charge in [0.2, 0.25) is 12.8 Å². The zero-order chi connectivity index (χ0) is 25.2. The molecule has 2 amide bonds. The van der Waals surface area contributed by atoms with Gasteiger partial charge in [-0.05, 0) is 0 Å². The van der Waals surface area contributed by atoms with E-state index < -0.39 is 6.47 Å². The smallest absolute Gasteiger partial charge is 0.373 e. The van der Waals surface area contributed by atoms with Crippen LogP contribution < -0.4 is 10.4 Å². The Kier molecular flexibility index (Phi) is 57.9. The Morgan fingerprint density at radius 1 is 0.710 bits per heavy atom. The van der Waals surface area contributed by atoms with Crippen LogP contribution in [0.4, 0.5) is 0 Å². The van der Waals surface area contributed by atoms with Gasteiger partial charge in [0.15, 0.2) is 0 Å². The Balaban J connectivity index is -0.0000000984. The summed E-state index contributed by atoms with van der Waals surface area (Å²) in [6, 6.07) is 0. The number of rotatable bonds is 14. The zero-order valence-electron chi connectivity index (χ0n) is 17.2. The van der Waals surface area contributed by atoms with E-state index >= 15 is 0 Å². The molecule has 0 aromatic heterocycles. The minimum atomic E-state index is -0.500. The number of aliphatic hydroxyl groups is 6. The van der Waals surface area contributed by atoms with Crippen molar-refractivity contribution in [3.63, 3.8) is 0 Å². The number of nitrogens with one attached hydrogen (secondary N) is 1. The van der Waals surface area contributed by atoms with Crippen LogP contribution in [0.2, 0.25) is 0 Å². The van der Waals surface area contributed by atoms with E-state index in [1.807, 2.05) is 0 Å². The summed E-state index contributed by atoms with van der Waals surface area (Å²) >= 11 is 0. The van der Waals surface area contributed by atoms with Gasteiger partial charge in [0.1, 0.15) is 0 Å². The Hall–Kier alpha value is -2.49. The molecule has 15 nitrogen and oxygen atoms in total. The van der Waals surface area contributed by atoms with Crippen molar-refractivity contribution in [1.82, 2.24) is 15.1 Å². The van der Waals surface area contributed by atoms with Gasteiger partial charge < -0.3 is 50.8 Å². The minimum absolute atomic E-state index is 0.0126. The highest BCUT2D eigenvalue weighted by Gasteiger charge is 2.00. The molecule has 7 N–H and O–H groups in total. The molecule has 0 radical (unpaired) electrons. The third-order valence-electron chi connectivity index (χ3n) is 2.51. The van der Waals surface area contributed by atoms with Crippen molar-refractivity contribution in [1.29, 1.82) is 0 Å². The average molecular weight is 460 g/mol. The van der Waals surface area contributed by atoms with E-state index in [2.05, 4.69) is 5.32 Å². The molecule has 15 heteroatoms. The molecule has 0 aliphatic heterocycles. The first-order valence-corrected chi connectivity index (χ1v) is 8.73. The van der Waals surface area contributed by atoms with Gasteiger partial charge in [0.25, 0.3) is 0 Å². The van der Waals surface area contributed by atoms with Crippen LogP contribution in [0.3, 0.4) is 0 Å². The lowest BCUT2D eigenvalue weighted by Crippen LogP contribution is -2.32. The molecule has 186 valence electrons. The summed E-state index contributed by atoms with van der Waals surface area (Å²) in [6.45, 7) is 2.09. The number of amides is 2. The number of carbonyl (C=O) groups is 3. The second-order valence-electron chi connectivity index (χ2n) is 4.58. The molecule has 0 saturated heterocycles. The monoisotopic (exact) mass is 460 g/mol. The maximum atomic E-state index is 9.99. The lowest BCUT2D eigenvalue weighted by atomic mass is 10.4. The molecule has 0 rings (SSSR count). The van der Waals surface area contributed by atoms with Gasteiger partial charge in [-0.25, -0.2) is 0 Å². The highest BCUT2D eigenvalue weighted by molar-refractivity contribution is 5.46. The molecule has 0 aliphatic rings. The molecule has 0 atom stereocenters. The van der Waals surface area contributed by atoms with Crippen LogP contribution >= 0.6 is 0 Å². The maximum Gasteiger partial charge on any atom is 0.373 e. The number of hydrogen-bond acceptors (Lipinski definition) is 13. The summed E-state index contributed by atoms with van der Waals surface area (Å²) in [7, 11) is 0. The van der Waals surface area contributed by atoms with E-state index in [9.17, 15) is 9.59 Å². The Bertz CT molecular complexity index is 351. The van der Waals surface area contributed by atoms with E-state index in [4.69, 9.17) is 50.1 Å². The number of carboxylic acid groups (broad SMARTS) is 1. The van der Waals surface area contributed by atoms with Gasteiger partial charge >= 0.3 is 6.15 Å². The summed E-state index contributed by atoms with van der Waals surface area (Å²) < 4.78 is 0. The molecule has 0 heterocycles. The Morgan fingerprint density at radius 3 is 1.19 bits per heavy atom. The number of carbonyl (C=O) groups excluding carboxylic acids is 5. The molecular formula is C16H34N3O12-. The molecule has 31 heavy (non-hydrogen) atoms. The van der Waals surface area contributed by atoms with Gasteiger partial charge in [0.05, 0.1) is 39.6 Å². The number of hydrogen-bond donors (Lipinski definition) is 7. The third-order valence-corrected chi connectivity index (χ3v) is 2.51. The Morgan fingerprint density at radius 2 is 1.03 bits per heavy atom. The average Bonchev–Trinajstić information content (AvgIpc) is 2.75. The summed E-state index contributed by atoms with van der Waals surface area (Å²) in [5.74, 6) is 0. The number of nitrogens with zero attached hydrogens (tertiary/aromatic N) is 2. The van der Waals surface area contributed by atoms with Crippen LogP contribution in [-0.4, -0.2) is 145 Å². The molecule has 0 fully saturated rings. The quantitative estimate of drug-likeness (QED) is 0.0941. The third kappa shape index (κ3) is 58.4. The van der Waals surface area contributed by atoms with Crippen molar-refractivity contribution in [2.24, 2.45) is 0 Å². The summed E-state index contributed by atoms with van der Waals surface area (Å²) in [6.07, 6.45) is 1.41. The van der Waals surface area contributed by atoms with Crippen molar-refractivity contribution in [2.45, 2.75) is 0 Å². The lowest BCUT2D eigenvalue weighted by molar-refractivity contribution is -0.283. The first-order valence-electron chi connectivity index (χ1n) is 8.73. The van der Waals surface area contributed by atoms with Crippen molar-refractivity contribution in [2.75, 3.05) is 78.9 Å². The van der Waals surface area contributed by atoms with Crippen molar-refractivity contribution < 1.29 is 59.7 Å². The molecule has 0 aromatic carbocycles. The molecule has 0 unspecified atom stereocenters. The van der Waals surface area contributed by atoms with Crippen molar-refractivity contribution >= 4 is 25.4 Å². The van der Waals surface area contributed by atoms with Gasteiger partial charge in [-0.15, -0.1) is 0 Å². The van der Waals surface area contributed by atoms with E-state index in [0.717, 1.165) is 0 Å².